The third-order valence-corrected chi connectivity index (χ3v) is 4.76. The van der Waals surface area contributed by atoms with Crippen LogP contribution in [0.25, 0.3) is 0 Å². The maximum absolute atomic E-state index is 6.01. The molecule has 1 heterocycles. The Morgan fingerprint density at radius 2 is 1.69 bits per heavy atom. The second-order valence-corrected chi connectivity index (χ2v) is 5.86. The summed E-state index contributed by atoms with van der Waals surface area (Å²) in [6.07, 6.45) is 11.4. The van der Waals surface area contributed by atoms with Gasteiger partial charge < -0.3 is 10.6 Å². The van der Waals surface area contributed by atoms with E-state index in [2.05, 4.69) is 11.9 Å². The zero-order chi connectivity index (χ0) is 11.4. The Morgan fingerprint density at radius 1 is 1.00 bits per heavy atom. The molecular formula is C14H28N2. The van der Waals surface area contributed by atoms with Gasteiger partial charge in [-0.2, -0.15) is 0 Å². The topological polar surface area (TPSA) is 29.3 Å². The lowest BCUT2D eigenvalue weighted by Crippen LogP contribution is -2.45. The zero-order valence-electron chi connectivity index (χ0n) is 10.8. The molecule has 0 radical (unpaired) electrons. The summed E-state index contributed by atoms with van der Waals surface area (Å²) in [4.78, 5) is 2.63. The van der Waals surface area contributed by atoms with Crippen molar-refractivity contribution in [3.8, 4) is 0 Å². The highest BCUT2D eigenvalue weighted by atomic mass is 15.1. The molecule has 1 saturated carbocycles. The van der Waals surface area contributed by atoms with E-state index in [-0.39, 0.29) is 0 Å². The van der Waals surface area contributed by atoms with Crippen LogP contribution >= 0.6 is 0 Å². The number of nitrogens with zero attached hydrogens (tertiary/aromatic N) is 1. The Bertz CT molecular complexity index is 199. The van der Waals surface area contributed by atoms with Crippen LogP contribution in [-0.2, 0) is 0 Å². The first-order valence-corrected chi connectivity index (χ1v) is 7.23. The molecule has 0 spiro atoms. The molecule has 2 aliphatic rings. The molecule has 0 unspecified atom stereocenters. The lowest BCUT2D eigenvalue weighted by atomic mass is 9.77. The number of hydrogen-bond donors (Lipinski definition) is 1. The molecule has 2 fully saturated rings. The molecule has 94 valence electrons. The number of rotatable bonds is 2. The number of nitrogens with two attached hydrogens (primary N) is 1. The van der Waals surface area contributed by atoms with Crippen LogP contribution in [0.15, 0.2) is 0 Å². The first-order valence-electron chi connectivity index (χ1n) is 7.23. The van der Waals surface area contributed by atoms with E-state index in [1.165, 1.54) is 57.9 Å². The highest BCUT2D eigenvalue weighted by molar-refractivity contribution is 4.88. The quantitative estimate of drug-likeness (QED) is 0.781. The summed E-state index contributed by atoms with van der Waals surface area (Å²) in [5.74, 6) is 1.70. The fraction of sp³-hybridized carbons (Fsp3) is 1.00. The molecule has 0 bridgehead atoms. The molecule has 2 rings (SSSR count). The standard InChI is InChI=1S/C14H28N2/c1-16-10-6-5-9-13(11-15)14(16)12-7-3-2-4-8-12/h12-14H,2-11,15H2,1H3/t13-,14-/m1/s1. The molecule has 1 aliphatic heterocycles. The van der Waals surface area contributed by atoms with Crippen molar-refractivity contribution in [1.29, 1.82) is 0 Å². The van der Waals surface area contributed by atoms with E-state index in [1.807, 2.05) is 0 Å². The predicted molar refractivity (Wildman–Crippen MR) is 69.4 cm³/mol. The maximum Gasteiger partial charge on any atom is 0.0161 e. The van der Waals surface area contributed by atoms with Crippen LogP contribution in [0.3, 0.4) is 0 Å². The first-order chi connectivity index (χ1) is 7.83. The minimum absolute atomic E-state index is 0.760. The molecule has 0 amide bonds. The first kappa shape index (κ1) is 12.4. The van der Waals surface area contributed by atoms with E-state index < -0.39 is 0 Å². The van der Waals surface area contributed by atoms with Gasteiger partial charge in [-0.3, -0.25) is 0 Å². The Balaban J connectivity index is 2.04. The van der Waals surface area contributed by atoms with Crippen LogP contribution in [-0.4, -0.2) is 31.1 Å². The molecule has 2 N–H and O–H groups in total. The summed E-state index contributed by atoms with van der Waals surface area (Å²) in [5, 5.41) is 0. The summed E-state index contributed by atoms with van der Waals surface area (Å²) < 4.78 is 0. The minimum atomic E-state index is 0.760. The van der Waals surface area contributed by atoms with Crippen molar-refractivity contribution >= 4 is 0 Å². The van der Waals surface area contributed by atoms with Gasteiger partial charge in [-0.1, -0.05) is 25.7 Å². The van der Waals surface area contributed by atoms with Crippen LogP contribution in [0.1, 0.15) is 51.4 Å². The second-order valence-electron chi connectivity index (χ2n) is 5.86. The SMILES string of the molecule is CN1CCCC[C@H](CN)[C@H]1C1CCCCC1. The van der Waals surface area contributed by atoms with Gasteiger partial charge in [0, 0.05) is 6.04 Å². The summed E-state index contributed by atoms with van der Waals surface area (Å²) in [7, 11) is 2.33. The number of hydrogen-bond acceptors (Lipinski definition) is 2. The van der Waals surface area contributed by atoms with Crippen molar-refractivity contribution in [2.45, 2.75) is 57.4 Å². The molecule has 0 aromatic carbocycles. The third-order valence-electron chi connectivity index (χ3n) is 4.76. The summed E-state index contributed by atoms with van der Waals surface area (Å²) >= 11 is 0. The largest absolute Gasteiger partial charge is 0.330 e. The average molecular weight is 224 g/mol. The normalized spacial score (nSPS) is 34.9. The van der Waals surface area contributed by atoms with Crippen molar-refractivity contribution in [3.05, 3.63) is 0 Å². The van der Waals surface area contributed by atoms with E-state index in [1.54, 1.807) is 0 Å². The van der Waals surface area contributed by atoms with Crippen LogP contribution in [0.5, 0.6) is 0 Å². The molecule has 0 aromatic heterocycles. The fourth-order valence-corrected chi connectivity index (χ4v) is 3.93. The van der Waals surface area contributed by atoms with Crippen molar-refractivity contribution in [2.75, 3.05) is 20.1 Å². The van der Waals surface area contributed by atoms with Crippen molar-refractivity contribution in [3.63, 3.8) is 0 Å². The molecule has 16 heavy (non-hydrogen) atoms. The Kier molecular flexibility index (Phi) is 4.66. The minimum Gasteiger partial charge on any atom is -0.330 e. The van der Waals surface area contributed by atoms with Crippen molar-refractivity contribution in [2.24, 2.45) is 17.6 Å². The van der Waals surface area contributed by atoms with Gasteiger partial charge in [0.05, 0.1) is 0 Å². The molecular weight excluding hydrogens is 196 g/mol. The van der Waals surface area contributed by atoms with Crippen LogP contribution < -0.4 is 5.73 Å². The van der Waals surface area contributed by atoms with Gasteiger partial charge in [-0.15, -0.1) is 0 Å². The van der Waals surface area contributed by atoms with Gasteiger partial charge >= 0.3 is 0 Å². The monoisotopic (exact) mass is 224 g/mol. The zero-order valence-corrected chi connectivity index (χ0v) is 10.8. The van der Waals surface area contributed by atoms with Crippen LogP contribution in [0.2, 0.25) is 0 Å². The fourth-order valence-electron chi connectivity index (χ4n) is 3.93. The lowest BCUT2D eigenvalue weighted by Gasteiger charge is -2.40. The Labute approximate surface area is 101 Å². The molecule has 1 aliphatic carbocycles. The average Bonchev–Trinajstić information content (AvgIpc) is 2.51. The lowest BCUT2D eigenvalue weighted by molar-refractivity contribution is 0.105. The summed E-state index contributed by atoms with van der Waals surface area (Å²) in [6, 6.07) is 0.785. The smallest absolute Gasteiger partial charge is 0.0161 e. The van der Waals surface area contributed by atoms with Gasteiger partial charge in [0.2, 0.25) is 0 Å². The summed E-state index contributed by atoms with van der Waals surface area (Å²) in [6.45, 7) is 2.18. The molecule has 2 atom stereocenters. The van der Waals surface area contributed by atoms with Crippen molar-refractivity contribution in [1.82, 2.24) is 4.90 Å². The Morgan fingerprint density at radius 3 is 2.38 bits per heavy atom. The van der Waals surface area contributed by atoms with Gasteiger partial charge in [-0.05, 0) is 57.7 Å². The highest BCUT2D eigenvalue weighted by Crippen LogP contribution is 2.35. The molecule has 1 saturated heterocycles. The Hall–Kier alpha value is -0.0800. The maximum atomic E-state index is 6.01. The third kappa shape index (κ3) is 2.78. The van der Waals surface area contributed by atoms with E-state index in [0.717, 1.165) is 24.4 Å². The van der Waals surface area contributed by atoms with Gasteiger partial charge in [0.1, 0.15) is 0 Å². The van der Waals surface area contributed by atoms with E-state index in [9.17, 15) is 0 Å². The second kappa shape index (κ2) is 6.02. The molecule has 2 nitrogen and oxygen atoms in total. The van der Waals surface area contributed by atoms with E-state index in [4.69, 9.17) is 5.73 Å². The molecule has 2 heteroatoms. The van der Waals surface area contributed by atoms with Crippen LogP contribution in [0.4, 0.5) is 0 Å². The van der Waals surface area contributed by atoms with Crippen LogP contribution in [0, 0.1) is 11.8 Å². The van der Waals surface area contributed by atoms with E-state index in [0.29, 0.717) is 0 Å². The summed E-state index contributed by atoms with van der Waals surface area (Å²) in [5.41, 5.74) is 6.01. The van der Waals surface area contributed by atoms with Gasteiger partial charge in [-0.25, -0.2) is 0 Å². The molecule has 0 aromatic rings. The number of likely N-dealkylation sites (tertiary alicyclic amines) is 1. The van der Waals surface area contributed by atoms with Gasteiger partial charge in [0.25, 0.3) is 0 Å². The van der Waals surface area contributed by atoms with E-state index >= 15 is 0 Å². The predicted octanol–water partition coefficient (Wildman–Crippen LogP) is 2.63. The van der Waals surface area contributed by atoms with Gasteiger partial charge in [0.15, 0.2) is 0 Å². The van der Waals surface area contributed by atoms with Crippen molar-refractivity contribution < 1.29 is 0 Å². The highest BCUT2D eigenvalue weighted by Gasteiger charge is 2.33.